The molecule has 0 saturated carbocycles. The monoisotopic (exact) mass is 630 g/mol. The Morgan fingerprint density at radius 3 is 2.09 bits per heavy atom. The fourth-order valence-corrected chi connectivity index (χ4v) is 5.76. The normalized spacial score (nSPS) is 14.7. The fraction of sp³-hybridized carbons (Fsp3) is 0.371. The number of aryl methyl sites for hydroxylation is 1. The molecule has 1 aliphatic carbocycles. The van der Waals surface area contributed by atoms with Crippen LogP contribution in [0.15, 0.2) is 53.3 Å². The van der Waals surface area contributed by atoms with Gasteiger partial charge in [-0.2, -0.15) is 0 Å². The molecule has 4 rings (SSSR count). The van der Waals surface area contributed by atoms with Crippen LogP contribution in [0, 0.1) is 5.92 Å². The van der Waals surface area contributed by atoms with Crippen LogP contribution >= 0.6 is 0 Å². The lowest BCUT2D eigenvalue weighted by Crippen LogP contribution is -2.40. The van der Waals surface area contributed by atoms with E-state index in [1.165, 1.54) is 27.0 Å². The first kappa shape index (κ1) is 33.8. The summed E-state index contributed by atoms with van der Waals surface area (Å²) in [4.78, 5) is 51.1. The largest absolute Gasteiger partial charge is 0.493 e. The maximum absolute atomic E-state index is 13.9. The molecule has 0 saturated heterocycles. The van der Waals surface area contributed by atoms with Crippen LogP contribution in [0.4, 0.5) is 17.1 Å². The van der Waals surface area contributed by atoms with E-state index in [-0.39, 0.29) is 34.8 Å². The van der Waals surface area contributed by atoms with E-state index in [9.17, 15) is 19.2 Å². The second kappa shape index (κ2) is 14.8. The maximum atomic E-state index is 13.9. The van der Waals surface area contributed by atoms with Crippen molar-refractivity contribution in [1.82, 2.24) is 5.32 Å². The zero-order valence-corrected chi connectivity index (χ0v) is 27.3. The van der Waals surface area contributed by atoms with Crippen molar-refractivity contribution in [2.75, 3.05) is 37.3 Å². The molecular formula is C35H42N4O7. The van der Waals surface area contributed by atoms with Gasteiger partial charge in [0.25, 0.3) is 0 Å². The second-order valence-electron chi connectivity index (χ2n) is 11.4. The molecule has 3 atom stereocenters. The lowest BCUT2D eigenvalue weighted by atomic mass is 9.95. The van der Waals surface area contributed by atoms with Gasteiger partial charge in [-0.3, -0.25) is 19.2 Å². The predicted octanol–water partition coefficient (Wildman–Crippen LogP) is 5.29. The third-order valence-corrected chi connectivity index (χ3v) is 8.20. The molecule has 11 nitrogen and oxygen atoms in total. The quantitative estimate of drug-likeness (QED) is 0.224. The Morgan fingerprint density at radius 2 is 1.52 bits per heavy atom. The summed E-state index contributed by atoms with van der Waals surface area (Å²) in [7, 11) is 4.64. The first-order chi connectivity index (χ1) is 22.0. The molecule has 3 aromatic carbocycles. The number of benzene rings is 2. The number of hydrogen-bond acceptors (Lipinski definition) is 8. The molecule has 3 amide bonds. The summed E-state index contributed by atoms with van der Waals surface area (Å²) in [5.74, 6) is 0.524. The van der Waals surface area contributed by atoms with Gasteiger partial charge in [0.2, 0.25) is 28.9 Å². The molecule has 244 valence electrons. The smallest absolute Gasteiger partial charge is 0.247 e. The van der Waals surface area contributed by atoms with Crippen molar-refractivity contribution >= 4 is 34.8 Å². The molecule has 0 spiro atoms. The van der Waals surface area contributed by atoms with E-state index in [1.54, 1.807) is 44.6 Å². The van der Waals surface area contributed by atoms with Crippen molar-refractivity contribution in [3.8, 4) is 28.4 Å². The molecule has 4 N–H and O–H groups in total. The van der Waals surface area contributed by atoms with Crippen molar-refractivity contribution < 1.29 is 28.6 Å². The van der Waals surface area contributed by atoms with Gasteiger partial charge >= 0.3 is 0 Å². The average Bonchev–Trinajstić information content (AvgIpc) is 3.27. The van der Waals surface area contributed by atoms with Gasteiger partial charge in [-0.05, 0) is 77.9 Å². The molecule has 3 unspecified atom stereocenters. The van der Waals surface area contributed by atoms with Crippen LogP contribution in [0.3, 0.4) is 0 Å². The number of rotatable bonds is 11. The standard InChI is InChI=1S/C35H42N4O7/c1-8-19(2)32(35(43)38-24-12-10-23(11-13-24)36-20(3)40)39-28-16-14-25-26(18-29(28)42)27(37-21(4)41)15-9-22-17-30(44-5)33(45-6)34(46-7)31(22)25/h10-14,16-19,27,32H,8-9,15H2,1-7H3,(H,36,40)(H,37,41)(H,38,43)(H,39,42). The van der Waals surface area contributed by atoms with E-state index in [0.29, 0.717) is 59.0 Å². The van der Waals surface area contributed by atoms with E-state index >= 15 is 0 Å². The van der Waals surface area contributed by atoms with Gasteiger partial charge in [-0.25, -0.2) is 0 Å². The van der Waals surface area contributed by atoms with E-state index in [4.69, 9.17) is 14.2 Å². The summed E-state index contributed by atoms with van der Waals surface area (Å²) in [5.41, 5.74) is 4.04. The molecule has 0 bridgehead atoms. The van der Waals surface area contributed by atoms with Crippen LogP contribution in [-0.2, 0) is 20.8 Å². The minimum Gasteiger partial charge on any atom is -0.493 e. The zero-order valence-electron chi connectivity index (χ0n) is 27.3. The summed E-state index contributed by atoms with van der Waals surface area (Å²) in [6.45, 7) is 6.78. The lowest BCUT2D eigenvalue weighted by Gasteiger charge is -2.24. The Balaban J connectivity index is 1.79. The molecule has 46 heavy (non-hydrogen) atoms. The Kier molecular flexibility index (Phi) is 10.9. The van der Waals surface area contributed by atoms with E-state index in [1.807, 2.05) is 26.0 Å². The van der Waals surface area contributed by atoms with Crippen LogP contribution in [0.1, 0.15) is 57.7 Å². The van der Waals surface area contributed by atoms with Crippen molar-refractivity contribution in [2.24, 2.45) is 5.92 Å². The Labute approximate surface area is 269 Å². The van der Waals surface area contributed by atoms with E-state index in [2.05, 4.69) is 21.3 Å². The SMILES string of the molecule is CCC(C)C(Nc1ccc2c(cc1=O)C(NC(C)=O)CCc1cc(OC)c(OC)c(OC)c1-2)C(=O)Nc1ccc(NC(C)=O)cc1. The molecule has 0 heterocycles. The third kappa shape index (κ3) is 7.42. The first-order valence-corrected chi connectivity index (χ1v) is 15.2. The predicted molar refractivity (Wildman–Crippen MR) is 179 cm³/mol. The number of anilines is 3. The number of nitrogens with one attached hydrogen (secondary N) is 4. The van der Waals surface area contributed by atoms with Crippen molar-refractivity contribution in [3.05, 3.63) is 69.9 Å². The highest BCUT2D eigenvalue weighted by Gasteiger charge is 2.30. The summed E-state index contributed by atoms with van der Waals surface area (Å²) >= 11 is 0. The summed E-state index contributed by atoms with van der Waals surface area (Å²) in [6, 6.07) is 12.5. The number of fused-ring (bicyclic) bond motifs is 3. The highest BCUT2D eigenvalue weighted by Crippen LogP contribution is 2.50. The summed E-state index contributed by atoms with van der Waals surface area (Å²) in [6.07, 6.45) is 1.78. The van der Waals surface area contributed by atoms with Crippen LogP contribution < -0.4 is 40.9 Å². The van der Waals surface area contributed by atoms with Crippen LogP contribution in [0.25, 0.3) is 11.1 Å². The number of carbonyl (C=O) groups is 3. The molecule has 1 aliphatic rings. The van der Waals surface area contributed by atoms with E-state index in [0.717, 1.165) is 11.1 Å². The third-order valence-electron chi connectivity index (χ3n) is 8.20. The van der Waals surface area contributed by atoms with Crippen LogP contribution in [0.2, 0.25) is 0 Å². The molecule has 3 aromatic rings. The molecule has 0 aromatic heterocycles. The molecule has 0 radical (unpaired) electrons. The van der Waals surface area contributed by atoms with Gasteiger partial charge in [0, 0.05) is 30.8 Å². The van der Waals surface area contributed by atoms with Gasteiger partial charge < -0.3 is 35.5 Å². The number of ether oxygens (including phenoxy) is 3. The van der Waals surface area contributed by atoms with Crippen LogP contribution in [0.5, 0.6) is 17.2 Å². The fourth-order valence-electron chi connectivity index (χ4n) is 5.76. The minimum atomic E-state index is -0.743. The van der Waals surface area contributed by atoms with Gasteiger partial charge in [0.05, 0.1) is 33.1 Å². The number of carbonyl (C=O) groups excluding carboxylic acids is 3. The Morgan fingerprint density at radius 1 is 0.870 bits per heavy atom. The molecule has 0 aliphatic heterocycles. The second-order valence-corrected chi connectivity index (χ2v) is 11.4. The topological polar surface area (TPSA) is 144 Å². The number of hydrogen-bond donors (Lipinski definition) is 4. The van der Waals surface area contributed by atoms with Gasteiger partial charge in [0.15, 0.2) is 11.5 Å². The van der Waals surface area contributed by atoms with Gasteiger partial charge in [-0.15, -0.1) is 0 Å². The number of methoxy groups -OCH3 is 3. The zero-order chi connectivity index (χ0) is 33.5. The molecule has 0 fully saturated rings. The lowest BCUT2D eigenvalue weighted by molar-refractivity contribution is -0.120. The highest BCUT2D eigenvalue weighted by molar-refractivity contribution is 5.97. The van der Waals surface area contributed by atoms with Crippen LogP contribution in [-0.4, -0.2) is 45.1 Å². The van der Waals surface area contributed by atoms with E-state index < -0.39 is 12.1 Å². The Bertz CT molecular complexity index is 1670. The maximum Gasteiger partial charge on any atom is 0.247 e. The van der Waals surface area contributed by atoms with Crippen molar-refractivity contribution in [3.63, 3.8) is 0 Å². The number of amides is 3. The molecular weight excluding hydrogens is 588 g/mol. The Hall–Kier alpha value is -5.06. The first-order valence-electron chi connectivity index (χ1n) is 15.2. The highest BCUT2D eigenvalue weighted by atomic mass is 16.5. The van der Waals surface area contributed by atoms with Gasteiger partial charge in [-0.1, -0.05) is 26.3 Å². The van der Waals surface area contributed by atoms with Crippen molar-refractivity contribution in [1.29, 1.82) is 0 Å². The summed E-state index contributed by atoms with van der Waals surface area (Å²) < 4.78 is 17.1. The van der Waals surface area contributed by atoms with Gasteiger partial charge in [0.1, 0.15) is 6.04 Å². The summed E-state index contributed by atoms with van der Waals surface area (Å²) in [5, 5.41) is 11.8. The minimum absolute atomic E-state index is 0.133. The van der Waals surface area contributed by atoms with Crippen molar-refractivity contribution in [2.45, 2.75) is 59.0 Å². The average molecular weight is 631 g/mol. The molecule has 11 heteroatoms.